The molecule has 0 aliphatic carbocycles. The molecule has 2 amide bonds. The number of carbonyl (C=O) groups is 2. The van der Waals surface area contributed by atoms with Crippen LogP contribution < -0.4 is 4.90 Å². The molecule has 1 fully saturated rings. The number of benzene rings is 1. The minimum Gasteiger partial charge on any atom is -0.302 e. The molecule has 0 unspecified atom stereocenters. The van der Waals surface area contributed by atoms with E-state index in [0.29, 0.717) is 0 Å². The molecular weight excluding hydrogens is 450 g/mol. The lowest BCUT2D eigenvalue weighted by molar-refractivity contribution is -0.132. The Bertz CT molecular complexity index is 1180. The van der Waals surface area contributed by atoms with Gasteiger partial charge in [-0.3, -0.25) is 19.4 Å². The highest BCUT2D eigenvalue weighted by atomic mass is 32.1. The molecule has 3 rings (SSSR count). The summed E-state index contributed by atoms with van der Waals surface area (Å²) in [5, 5.41) is 1.15. The van der Waals surface area contributed by atoms with Gasteiger partial charge in [0.1, 0.15) is 10.6 Å². The monoisotopic (exact) mass is 477 g/mol. The molecule has 33 heavy (non-hydrogen) atoms. The van der Waals surface area contributed by atoms with E-state index in [9.17, 15) is 9.59 Å². The molecule has 0 spiro atoms. The third-order valence-corrected chi connectivity index (χ3v) is 6.71. The summed E-state index contributed by atoms with van der Waals surface area (Å²) >= 11 is 6.67. The van der Waals surface area contributed by atoms with Crippen LogP contribution >= 0.6 is 23.6 Å². The Morgan fingerprint density at radius 2 is 1.64 bits per heavy atom. The highest BCUT2D eigenvalue weighted by molar-refractivity contribution is 7.80. The van der Waals surface area contributed by atoms with Gasteiger partial charge in [0.05, 0.1) is 0 Å². The van der Waals surface area contributed by atoms with E-state index in [-0.39, 0.29) is 10.7 Å². The summed E-state index contributed by atoms with van der Waals surface area (Å²) in [5.74, 6) is -0.793. The van der Waals surface area contributed by atoms with Gasteiger partial charge in [-0.1, -0.05) is 42.0 Å². The zero-order chi connectivity index (χ0) is 24.3. The maximum Gasteiger partial charge on any atom is 0.265 e. The molecule has 0 N–H and O–H groups in total. The van der Waals surface area contributed by atoms with Gasteiger partial charge in [-0.25, -0.2) is 0 Å². The van der Waals surface area contributed by atoms with Crippen molar-refractivity contribution in [1.82, 2.24) is 9.80 Å². The summed E-state index contributed by atoms with van der Waals surface area (Å²) in [6.07, 6.45) is 7.68. The molecule has 1 aliphatic heterocycles. The number of likely N-dealkylation sites (N-methyl/N-ethyl adjacent to an activating group) is 2. The van der Waals surface area contributed by atoms with Crippen molar-refractivity contribution in [1.29, 1.82) is 0 Å². The second kappa shape index (κ2) is 10.1. The Labute approximate surface area is 204 Å². The van der Waals surface area contributed by atoms with Crippen LogP contribution in [0.15, 0.2) is 78.0 Å². The lowest BCUT2D eigenvalue weighted by atomic mass is 10.1. The largest absolute Gasteiger partial charge is 0.302 e. The van der Waals surface area contributed by atoms with Gasteiger partial charge in [0, 0.05) is 30.4 Å². The minimum absolute atomic E-state index is 0.0947. The van der Waals surface area contributed by atoms with E-state index in [2.05, 4.69) is 42.7 Å². The van der Waals surface area contributed by atoms with Crippen LogP contribution in [0, 0.1) is 6.92 Å². The SMILES string of the molecule is C=C(C)/C=C\C(=C/C)N(c1ccc(C)cc1)c1ccc(C=C2C(=O)N(C)C(=S)N(C)C2=O)s1. The van der Waals surface area contributed by atoms with Crippen molar-refractivity contribution >= 4 is 57.2 Å². The van der Waals surface area contributed by atoms with Crippen LogP contribution in [-0.4, -0.2) is 40.8 Å². The van der Waals surface area contributed by atoms with Crippen LogP contribution in [0.1, 0.15) is 24.3 Å². The normalized spacial score (nSPS) is 15.0. The van der Waals surface area contributed by atoms with Crippen molar-refractivity contribution in [3.63, 3.8) is 0 Å². The molecular formula is C26H27N3O2S2. The fourth-order valence-corrected chi connectivity index (χ4v) is 4.44. The van der Waals surface area contributed by atoms with Crippen molar-refractivity contribution < 1.29 is 9.59 Å². The van der Waals surface area contributed by atoms with Gasteiger partial charge in [0.25, 0.3) is 11.8 Å². The van der Waals surface area contributed by atoms with E-state index in [1.165, 1.54) is 26.7 Å². The number of anilines is 2. The molecule has 0 atom stereocenters. The zero-order valence-electron chi connectivity index (χ0n) is 19.5. The molecule has 2 heterocycles. The maximum atomic E-state index is 12.7. The molecule has 1 aromatic carbocycles. The topological polar surface area (TPSA) is 43.9 Å². The number of nitrogens with zero attached hydrogens (tertiary/aromatic N) is 3. The maximum absolute atomic E-state index is 12.7. The van der Waals surface area contributed by atoms with Crippen LogP contribution in [-0.2, 0) is 9.59 Å². The van der Waals surface area contributed by atoms with Gasteiger partial charge in [-0.05, 0) is 69.4 Å². The van der Waals surface area contributed by atoms with Crippen molar-refractivity contribution in [3.05, 3.63) is 88.5 Å². The minimum atomic E-state index is -0.396. The van der Waals surface area contributed by atoms with E-state index in [1.807, 2.05) is 44.2 Å². The van der Waals surface area contributed by atoms with Crippen LogP contribution in [0.2, 0.25) is 0 Å². The third-order valence-electron chi connectivity index (χ3n) is 5.15. The molecule has 1 aromatic heterocycles. The number of amides is 2. The van der Waals surface area contributed by atoms with Gasteiger partial charge in [0.15, 0.2) is 5.11 Å². The molecule has 170 valence electrons. The van der Waals surface area contributed by atoms with Gasteiger partial charge in [0.2, 0.25) is 0 Å². The Balaban J connectivity index is 2.05. The first-order chi connectivity index (χ1) is 15.6. The first-order valence-corrected chi connectivity index (χ1v) is 11.6. The second-order valence-corrected chi connectivity index (χ2v) is 9.27. The molecule has 1 saturated heterocycles. The van der Waals surface area contributed by atoms with E-state index < -0.39 is 11.8 Å². The van der Waals surface area contributed by atoms with Crippen molar-refractivity contribution in [2.75, 3.05) is 19.0 Å². The number of thiophene rings is 1. The number of carbonyl (C=O) groups excluding carboxylic acids is 2. The van der Waals surface area contributed by atoms with Crippen molar-refractivity contribution in [3.8, 4) is 0 Å². The molecule has 0 radical (unpaired) electrons. The summed E-state index contributed by atoms with van der Waals surface area (Å²) < 4.78 is 0. The average Bonchev–Trinajstić information content (AvgIpc) is 3.25. The molecule has 1 aliphatic rings. The number of thiocarbonyl (C=S) groups is 1. The smallest absolute Gasteiger partial charge is 0.265 e. The standard InChI is InChI=1S/C26H27N3O2S2/c1-7-19(11-8-17(2)3)29(20-12-9-18(4)10-13-20)23-15-14-21(33-23)16-22-24(30)27(5)26(32)28(6)25(22)31/h7-16H,2H2,1,3-6H3/b11-8-,19-7+. The first-order valence-electron chi connectivity index (χ1n) is 10.4. The quantitative estimate of drug-likeness (QED) is 0.227. The lowest BCUT2D eigenvalue weighted by Gasteiger charge is -2.31. The molecule has 7 heteroatoms. The Hall–Kier alpha value is -3.29. The summed E-state index contributed by atoms with van der Waals surface area (Å²) in [6, 6.07) is 12.2. The average molecular weight is 478 g/mol. The third kappa shape index (κ3) is 5.21. The van der Waals surface area contributed by atoms with E-state index in [0.717, 1.165) is 26.8 Å². The van der Waals surface area contributed by atoms with E-state index >= 15 is 0 Å². The van der Waals surface area contributed by atoms with Crippen LogP contribution in [0.25, 0.3) is 6.08 Å². The van der Waals surface area contributed by atoms with Gasteiger partial charge < -0.3 is 4.90 Å². The number of rotatable bonds is 6. The second-order valence-electron chi connectivity index (χ2n) is 7.81. The predicted octanol–water partition coefficient (Wildman–Crippen LogP) is 5.83. The highest BCUT2D eigenvalue weighted by Gasteiger charge is 2.35. The predicted molar refractivity (Wildman–Crippen MR) is 141 cm³/mol. The highest BCUT2D eigenvalue weighted by Crippen LogP contribution is 2.37. The Morgan fingerprint density at radius 1 is 1.03 bits per heavy atom. The van der Waals surface area contributed by atoms with E-state index in [1.54, 1.807) is 20.2 Å². The van der Waals surface area contributed by atoms with Gasteiger partial charge in [-0.2, -0.15) is 0 Å². The molecule has 0 bridgehead atoms. The zero-order valence-corrected chi connectivity index (χ0v) is 21.1. The number of aryl methyl sites for hydroxylation is 1. The van der Waals surface area contributed by atoms with Gasteiger partial charge >= 0.3 is 0 Å². The Morgan fingerprint density at radius 3 is 2.18 bits per heavy atom. The van der Waals surface area contributed by atoms with Crippen molar-refractivity contribution in [2.45, 2.75) is 20.8 Å². The Kier molecular flexibility index (Phi) is 7.46. The van der Waals surface area contributed by atoms with Crippen LogP contribution in [0.4, 0.5) is 10.7 Å². The van der Waals surface area contributed by atoms with Crippen molar-refractivity contribution in [2.24, 2.45) is 0 Å². The summed E-state index contributed by atoms with van der Waals surface area (Å²) in [7, 11) is 3.15. The number of hydrogen-bond acceptors (Lipinski definition) is 5. The lowest BCUT2D eigenvalue weighted by Crippen LogP contribution is -2.52. The molecule has 5 nitrogen and oxygen atoms in total. The number of allylic oxidation sites excluding steroid dienone is 4. The van der Waals surface area contributed by atoms with Gasteiger partial charge in [-0.15, -0.1) is 11.3 Å². The van der Waals surface area contributed by atoms with Crippen LogP contribution in [0.3, 0.4) is 0 Å². The molecule has 2 aromatic rings. The molecule has 0 saturated carbocycles. The summed E-state index contributed by atoms with van der Waals surface area (Å²) in [5.41, 5.74) is 4.22. The number of hydrogen-bond donors (Lipinski definition) is 0. The summed E-state index contributed by atoms with van der Waals surface area (Å²) in [6.45, 7) is 9.96. The fraction of sp³-hybridized carbons (Fsp3) is 0.192. The summed E-state index contributed by atoms with van der Waals surface area (Å²) in [4.78, 5) is 30.9. The van der Waals surface area contributed by atoms with Crippen LogP contribution in [0.5, 0.6) is 0 Å². The van der Waals surface area contributed by atoms with E-state index in [4.69, 9.17) is 12.2 Å². The fourth-order valence-electron chi connectivity index (χ4n) is 3.28. The first kappa shape index (κ1) is 24.4.